The van der Waals surface area contributed by atoms with Crippen LogP contribution in [-0.2, 0) is 16.0 Å². The van der Waals surface area contributed by atoms with Gasteiger partial charge in [-0.1, -0.05) is 30.3 Å². The van der Waals surface area contributed by atoms with Gasteiger partial charge < -0.3 is 21.3 Å². The molecule has 0 saturated heterocycles. The van der Waals surface area contributed by atoms with Crippen LogP contribution in [-0.4, -0.2) is 40.8 Å². The Morgan fingerprint density at radius 3 is 2.44 bits per heavy atom. The summed E-state index contributed by atoms with van der Waals surface area (Å²) in [5.41, 5.74) is 6.60. The summed E-state index contributed by atoms with van der Waals surface area (Å²) < 4.78 is 0. The predicted octanol–water partition coefficient (Wildman–Crippen LogP) is -0.882. The number of carbonyl (C=O) groups is 2. The number of benzene rings is 1. The lowest BCUT2D eigenvalue weighted by atomic mass is 10.0. The molecule has 6 heteroatoms. The molecule has 0 spiro atoms. The van der Waals surface area contributed by atoms with Crippen molar-refractivity contribution in [2.24, 2.45) is 5.73 Å². The van der Waals surface area contributed by atoms with Gasteiger partial charge in [-0.05, 0) is 12.0 Å². The number of hydrogen-bond acceptors (Lipinski definition) is 4. The fourth-order valence-corrected chi connectivity index (χ4v) is 1.46. The van der Waals surface area contributed by atoms with Crippen molar-refractivity contribution >= 4 is 11.9 Å². The molecule has 6 nitrogen and oxygen atoms in total. The third kappa shape index (κ3) is 4.52. The minimum atomic E-state index is -1.43. The van der Waals surface area contributed by atoms with Crippen LogP contribution in [0.2, 0.25) is 0 Å². The molecule has 0 bridgehead atoms. The van der Waals surface area contributed by atoms with Gasteiger partial charge in [-0.15, -0.1) is 0 Å². The summed E-state index contributed by atoms with van der Waals surface area (Å²) in [6.07, 6.45) is -1.09. The molecule has 1 rings (SSSR count). The van der Waals surface area contributed by atoms with E-state index in [0.717, 1.165) is 5.56 Å². The van der Waals surface area contributed by atoms with Crippen LogP contribution in [0.15, 0.2) is 30.3 Å². The first kappa shape index (κ1) is 14.1. The highest BCUT2D eigenvalue weighted by Gasteiger charge is 2.23. The zero-order valence-corrected chi connectivity index (χ0v) is 9.74. The third-order valence-corrected chi connectivity index (χ3v) is 2.40. The molecule has 2 unspecified atom stereocenters. The molecule has 0 aromatic heterocycles. The van der Waals surface area contributed by atoms with Crippen molar-refractivity contribution in [1.29, 1.82) is 0 Å². The molecular formula is C12H16N2O4. The molecule has 18 heavy (non-hydrogen) atoms. The predicted molar refractivity (Wildman–Crippen MR) is 64.8 cm³/mol. The summed E-state index contributed by atoms with van der Waals surface area (Å²) in [5, 5.41) is 20.1. The van der Waals surface area contributed by atoms with Gasteiger partial charge in [0.15, 0.2) is 0 Å². The van der Waals surface area contributed by atoms with Crippen LogP contribution in [0.3, 0.4) is 0 Å². The van der Waals surface area contributed by atoms with E-state index in [4.69, 9.17) is 10.8 Å². The highest BCUT2D eigenvalue weighted by atomic mass is 16.4. The van der Waals surface area contributed by atoms with E-state index in [-0.39, 0.29) is 0 Å². The van der Waals surface area contributed by atoms with Crippen molar-refractivity contribution in [3.05, 3.63) is 35.9 Å². The Kier molecular flexibility index (Phi) is 5.29. The van der Waals surface area contributed by atoms with E-state index in [2.05, 4.69) is 5.32 Å². The Morgan fingerprint density at radius 1 is 1.28 bits per heavy atom. The molecule has 98 valence electrons. The summed E-state index contributed by atoms with van der Waals surface area (Å²) in [5.74, 6) is -1.95. The summed E-state index contributed by atoms with van der Waals surface area (Å²) >= 11 is 0. The van der Waals surface area contributed by atoms with Crippen LogP contribution in [0, 0.1) is 0 Å². The van der Waals surface area contributed by atoms with E-state index in [1.807, 2.05) is 30.3 Å². The molecule has 1 amide bonds. The van der Waals surface area contributed by atoms with Crippen LogP contribution >= 0.6 is 0 Å². The molecule has 1 aromatic carbocycles. The van der Waals surface area contributed by atoms with Crippen LogP contribution in [0.1, 0.15) is 5.56 Å². The first-order chi connectivity index (χ1) is 8.50. The Hall–Kier alpha value is -1.92. The second-order valence-electron chi connectivity index (χ2n) is 3.91. The van der Waals surface area contributed by atoms with E-state index in [9.17, 15) is 14.7 Å². The number of nitrogens with one attached hydrogen (secondary N) is 1. The average molecular weight is 252 g/mol. The van der Waals surface area contributed by atoms with Gasteiger partial charge in [0.05, 0.1) is 0 Å². The van der Waals surface area contributed by atoms with Gasteiger partial charge in [-0.25, -0.2) is 0 Å². The van der Waals surface area contributed by atoms with Crippen molar-refractivity contribution in [2.45, 2.75) is 18.6 Å². The maximum atomic E-state index is 11.4. The van der Waals surface area contributed by atoms with Gasteiger partial charge in [-0.3, -0.25) is 9.59 Å². The Bertz CT molecular complexity index is 408. The maximum Gasteiger partial charge on any atom is 0.322 e. The normalized spacial score (nSPS) is 13.7. The van der Waals surface area contributed by atoms with E-state index in [0.29, 0.717) is 6.42 Å². The standard InChI is InChI=1S/C12H16N2O4/c13-9(6-8-4-2-1-3-5-8)11(17)12(18)14-7-10(15)16/h1-5,9,11,17H,6-7,13H2,(H,14,18)(H,15,16). The first-order valence-corrected chi connectivity index (χ1v) is 5.47. The minimum absolute atomic E-state index is 0.336. The monoisotopic (exact) mass is 252 g/mol. The van der Waals surface area contributed by atoms with Crippen molar-refractivity contribution in [2.75, 3.05) is 6.54 Å². The van der Waals surface area contributed by atoms with Crippen molar-refractivity contribution in [1.82, 2.24) is 5.32 Å². The molecule has 2 atom stereocenters. The van der Waals surface area contributed by atoms with Crippen molar-refractivity contribution in [3.63, 3.8) is 0 Å². The van der Waals surface area contributed by atoms with Gasteiger partial charge in [0, 0.05) is 6.04 Å². The topological polar surface area (TPSA) is 113 Å². The molecular weight excluding hydrogens is 236 g/mol. The molecule has 0 fully saturated rings. The lowest BCUT2D eigenvalue weighted by Crippen LogP contribution is -2.48. The highest BCUT2D eigenvalue weighted by Crippen LogP contribution is 2.04. The highest BCUT2D eigenvalue weighted by molar-refractivity contribution is 5.84. The summed E-state index contributed by atoms with van der Waals surface area (Å²) in [6.45, 7) is -0.534. The van der Waals surface area contributed by atoms with Gasteiger partial charge in [0.2, 0.25) is 0 Å². The molecule has 0 heterocycles. The lowest BCUT2D eigenvalue weighted by molar-refractivity contribution is -0.139. The van der Waals surface area contributed by atoms with E-state index in [1.54, 1.807) is 0 Å². The number of nitrogens with two attached hydrogens (primary N) is 1. The van der Waals surface area contributed by atoms with Gasteiger partial charge in [0.25, 0.3) is 5.91 Å². The summed E-state index contributed by atoms with van der Waals surface area (Å²) in [7, 11) is 0. The number of carbonyl (C=O) groups excluding carboxylic acids is 1. The number of carboxylic acid groups (broad SMARTS) is 1. The quantitative estimate of drug-likeness (QED) is 0.525. The van der Waals surface area contributed by atoms with Crippen LogP contribution in [0.25, 0.3) is 0 Å². The SMILES string of the molecule is NC(Cc1ccccc1)C(O)C(=O)NCC(=O)O. The van der Waals surface area contributed by atoms with E-state index < -0.39 is 30.6 Å². The Balaban J connectivity index is 2.48. The first-order valence-electron chi connectivity index (χ1n) is 5.47. The summed E-state index contributed by atoms with van der Waals surface area (Å²) in [6, 6.07) is 8.41. The number of aliphatic hydroxyl groups is 1. The largest absolute Gasteiger partial charge is 0.480 e. The molecule has 0 radical (unpaired) electrons. The van der Waals surface area contributed by atoms with E-state index in [1.165, 1.54) is 0 Å². The lowest BCUT2D eigenvalue weighted by Gasteiger charge is -2.17. The van der Waals surface area contributed by atoms with Gasteiger partial charge in [-0.2, -0.15) is 0 Å². The zero-order valence-electron chi connectivity index (χ0n) is 9.74. The number of amides is 1. The number of hydrogen-bond donors (Lipinski definition) is 4. The number of aliphatic carboxylic acids is 1. The second-order valence-corrected chi connectivity index (χ2v) is 3.91. The van der Waals surface area contributed by atoms with Crippen LogP contribution in [0.4, 0.5) is 0 Å². The molecule has 0 aliphatic rings. The van der Waals surface area contributed by atoms with Crippen LogP contribution < -0.4 is 11.1 Å². The number of aliphatic hydroxyl groups excluding tert-OH is 1. The minimum Gasteiger partial charge on any atom is -0.480 e. The van der Waals surface area contributed by atoms with Gasteiger partial charge in [0.1, 0.15) is 12.6 Å². The third-order valence-electron chi connectivity index (χ3n) is 2.40. The van der Waals surface area contributed by atoms with Crippen molar-refractivity contribution in [3.8, 4) is 0 Å². The zero-order chi connectivity index (χ0) is 13.5. The Morgan fingerprint density at radius 2 is 1.89 bits per heavy atom. The number of carboxylic acids is 1. The fourth-order valence-electron chi connectivity index (χ4n) is 1.46. The van der Waals surface area contributed by atoms with Crippen LogP contribution in [0.5, 0.6) is 0 Å². The second kappa shape index (κ2) is 6.73. The molecule has 0 saturated carbocycles. The Labute approximate surface area is 104 Å². The van der Waals surface area contributed by atoms with Crippen molar-refractivity contribution < 1.29 is 19.8 Å². The fraction of sp³-hybridized carbons (Fsp3) is 0.333. The van der Waals surface area contributed by atoms with Gasteiger partial charge >= 0.3 is 5.97 Å². The molecule has 0 aliphatic carbocycles. The molecule has 5 N–H and O–H groups in total. The summed E-state index contributed by atoms with van der Waals surface area (Å²) in [4.78, 5) is 21.6. The maximum absolute atomic E-state index is 11.4. The smallest absolute Gasteiger partial charge is 0.322 e. The van der Waals surface area contributed by atoms with E-state index >= 15 is 0 Å². The average Bonchev–Trinajstić information content (AvgIpc) is 2.36. The molecule has 0 aliphatic heterocycles. The molecule has 1 aromatic rings. The number of rotatable bonds is 6.